The van der Waals surface area contributed by atoms with Gasteiger partial charge in [0, 0.05) is 5.56 Å². The van der Waals surface area contributed by atoms with Crippen molar-refractivity contribution in [2.24, 2.45) is 5.73 Å². The van der Waals surface area contributed by atoms with Crippen LogP contribution in [0.15, 0.2) is 18.2 Å². The first-order chi connectivity index (χ1) is 7.02. The van der Waals surface area contributed by atoms with E-state index >= 15 is 0 Å². The molecule has 0 aliphatic heterocycles. The standard InChI is InChI=1S/C11H15ClFNO/c1-7(2)15-6-10(14)8-4-3-5-9(12)11(8)13/h3-5,7,10H,6,14H2,1-2H3. The van der Waals surface area contributed by atoms with Crippen LogP contribution in [0.3, 0.4) is 0 Å². The highest BCUT2D eigenvalue weighted by Crippen LogP contribution is 2.22. The molecule has 1 rings (SSSR count). The maximum atomic E-state index is 13.5. The van der Waals surface area contributed by atoms with E-state index in [0.717, 1.165) is 0 Å². The highest BCUT2D eigenvalue weighted by molar-refractivity contribution is 6.30. The van der Waals surface area contributed by atoms with Gasteiger partial charge >= 0.3 is 0 Å². The summed E-state index contributed by atoms with van der Waals surface area (Å²) in [5.41, 5.74) is 6.18. The Morgan fingerprint density at radius 3 is 2.73 bits per heavy atom. The van der Waals surface area contributed by atoms with Gasteiger partial charge in [0.25, 0.3) is 0 Å². The largest absolute Gasteiger partial charge is 0.377 e. The first-order valence-electron chi connectivity index (χ1n) is 4.83. The van der Waals surface area contributed by atoms with E-state index in [1.807, 2.05) is 13.8 Å². The molecule has 1 atom stereocenters. The van der Waals surface area contributed by atoms with Crippen LogP contribution in [-0.4, -0.2) is 12.7 Å². The Labute approximate surface area is 94.2 Å². The van der Waals surface area contributed by atoms with Gasteiger partial charge in [0.15, 0.2) is 0 Å². The maximum absolute atomic E-state index is 13.5. The second-order valence-electron chi connectivity index (χ2n) is 3.63. The molecule has 15 heavy (non-hydrogen) atoms. The number of hydrogen-bond donors (Lipinski definition) is 1. The Kier molecular flexibility index (Phi) is 4.51. The highest BCUT2D eigenvalue weighted by atomic mass is 35.5. The number of benzene rings is 1. The lowest BCUT2D eigenvalue weighted by atomic mass is 10.1. The zero-order valence-electron chi connectivity index (χ0n) is 8.84. The molecule has 4 heteroatoms. The van der Waals surface area contributed by atoms with Gasteiger partial charge in [0.05, 0.1) is 23.8 Å². The van der Waals surface area contributed by atoms with Crippen LogP contribution in [0.4, 0.5) is 4.39 Å². The molecular weight excluding hydrogens is 217 g/mol. The Morgan fingerprint density at radius 2 is 2.13 bits per heavy atom. The fraction of sp³-hybridized carbons (Fsp3) is 0.455. The highest BCUT2D eigenvalue weighted by Gasteiger charge is 2.14. The molecule has 0 aliphatic carbocycles. The smallest absolute Gasteiger partial charge is 0.146 e. The van der Waals surface area contributed by atoms with Crippen LogP contribution >= 0.6 is 11.6 Å². The summed E-state index contributed by atoms with van der Waals surface area (Å²) in [6.07, 6.45) is 0.0818. The fourth-order valence-corrected chi connectivity index (χ4v) is 1.37. The summed E-state index contributed by atoms with van der Waals surface area (Å²) >= 11 is 5.65. The van der Waals surface area contributed by atoms with Crippen LogP contribution in [0.25, 0.3) is 0 Å². The molecular formula is C11H15ClFNO. The van der Waals surface area contributed by atoms with Crippen molar-refractivity contribution in [2.45, 2.75) is 26.0 Å². The van der Waals surface area contributed by atoms with Crippen LogP contribution in [-0.2, 0) is 4.74 Å². The number of hydrogen-bond acceptors (Lipinski definition) is 2. The second kappa shape index (κ2) is 5.45. The molecule has 0 heterocycles. The predicted octanol–water partition coefficient (Wildman–Crippen LogP) is 2.90. The van der Waals surface area contributed by atoms with Crippen LogP contribution in [0.2, 0.25) is 5.02 Å². The lowest BCUT2D eigenvalue weighted by Gasteiger charge is -2.15. The van der Waals surface area contributed by atoms with Crippen LogP contribution in [0, 0.1) is 5.82 Å². The normalized spacial score (nSPS) is 13.2. The van der Waals surface area contributed by atoms with Crippen molar-refractivity contribution >= 4 is 11.6 Å². The number of nitrogens with two attached hydrogens (primary N) is 1. The summed E-state index contributed by atoms with van der Waals surface area (Å²) in [4.78, 5) is 0. The van der Waals surface area contributed by atoms with Crippen LogP contribution in [0.5, 0.6) is 0 Å². The van der Waals surface area contributed by atoms with Crippen molar-refractivity contribution in [3.05, 3.63) is 34.6 Å². The average molecular weight is 232 g/mol. The molecule has 84 valence electrons. The van der Waals surface area contributed by atoms with Gasteiger partial charge in [0.1, 0.15) is 5.82 Å². The van der Waals surface area contributed by atoms with Gasteiger partial charge in [-0.1, -0.05) is 23.7 Å². The van der Waals surface area contributed by atoms with E-state index in [-0.39, 0.29) is 17.7 Å². The monoisotopic (exact) mass is 231 g/mol. The van der Waals surface area contributed by atoms with Crippen molar-refractivity contribution in [1.82, 2.24) is 0 Å². The summed E-state index contributed by atoms with van der Waals surface area (Å²) in [7, 11) is 0. The first-order valence-corrected chi connectivity index (χ1v) is 5.21. The summed E-state index contributed by atoms with van der Waals surface area (Å²) in [6.45, 7) is 4.09. The van der Waals surface area contributed by atoms with Gasteiger partial charge in [-0.3, -0.25) is 0 Å². The summed E-state index contributed by atoms with van der Waals surface area (Å²) < 4.78 is 18.8. The van der Waals surface area contributed by atoms with Gasteiger partial charge in [-0.2, -0.15) is 0 Å². The Hall–Kier alpha value is -0.640. The molecule has 0 aromatic heterocycles. The van der Waals surface area contributed by atoms with E-state index in [0.29, 0.717) is 5.56 Å². The third-order valence-corrected chi connectivity index (χ3v) is 2.28. The van der Waals surface area contributed by atoms with E-state index in [2.05, 4.69) is 0 Å². The third-order valence-electron chi connectivity index (χ3n) is 1.99. The van der Waals surface area contributed by atoms with Gasteiger partial charge in [0.2, 0.25) is 0 Å². The molecule has 1 unspecified atom stereocenters. The first kappa shape index (κ1) is 12.4. The minimum atomic E-state index is -0.480. The van der Waals surface area contributed by atoms with Crippen molar-refractivity contribution < 1.29 is 9.13 Å². The molecule has 0 fully saturated rings. The van der Waals surface area contributed by atoms with Gasteiger partial charge in [-0.15, -0.1) is 0 Å². The van der Waals surface area contributed by atoms with E-state index in [9.17, 15) is 4.39 Å². The number of ether oxygens (including phenoxy) is 1. The summed E-state index contributed by atoms with van der Waals surface area (Å²) in [5.74, 6) is -0.459. The van der Waals surface area contributed by atoms with E-state index in [1.54, 1.807) is 12.1 Å². The minimum absolute atomic E-state index is 0.0818. The molecule has 0 bridgehead atoms. The molecule has 0 saturated heterocycles. The Balaban J connectivity index is 2.73. The minimum Gasteiger partial charge on any atom is -0.377 e. The Bertz CT molecular complexity index is 330. The molecule has 1 aromatic rings. The molecule has 2 N–H and O–H groups in total. The maximum Gasteiger partial charge on any atom is 0.146 e. The quantitative estimate of drug-likeness (QED) is 0.865. The molecule has 2 nitrogen and oxygen atoms in total. The van der Waals surface area contributed by atoms with Crippen molar-refractivity contribution in [2.75, 3.05) is 6.61 Å². The zero-order valence-corrected chi connectivity index (χ0v) is 9.59. The number of halogens is 2. The Morgan fingerprint density at radius 1 is 1.47 bits per heavy atom. The molecule has 1 aromatic carbocycles. The van der Waals surface area contributed by atoms with Crippen molar-refractivity contribution in [1.29, 1.82) is 0 Å². The van der Waals surface area contributed by atoms with Crippen molar-refractivity contribution in [3.63, 3.8) is 0 Å². The summed E-state index contributed by atoms with van der Waals surface area (Å²) in [6, 6.07) is 4.31. The van der Waals surface area contributed by atoms with Crippen LogP contribution in [0.1, 0.15) is 25.5 Å². The van der Waals surface area contributed by atoms with E-state index < -0.39 is 11.9 Å². The average Bonchev–Trinajstić information content (AvgIpc) is 2.18. The zero-order chi connectivity index (χ0) is 11.4. The van der Waals surface area contributed by atoms with Crippen LogP contribution < -0.4 is 5.73 Å². The summed E-state index contributed by atoms with van der Waals surface area (Å²) in [5, 5.41) is 0.0903. The predicted molar refractivity (Wildman–Crippen MR) is 59.4 cm³/mol. The lowest BCUT2D eigenvalue weighted by Crippen LogP contribution is -2.20. The molecule has 0 saturated carbocycles. The topological polar surface area (TPSA) is 35.2 Å². The molecule has 0 amide bonds. The van der Waals surface area contributed by atoms with Gasteiger partial charge in [-0.05, 0) is 19.9 Å². The second-order valence-corrected chi connectivity index (χ2v) is 4.04. The van der Waals surface area contributed by atoms with Gasteiger partial charge < -0.3 is 10.5 Å². The van der Waals surface area contributed by atoms with E-state index in [4.69, 9.17) is 22.1 Å². The van der Waals surface area contributed by atoms with E-state index in [1.165, 1.54) is 6.07 Å². The van der Waals surface area contributed by atoms with Gasteiger partial charge in [-0.25, -0.2) is 4.39 Å². The molecule has 0 radical (unpaired) electrons. The lowest BCUT2D eigenvalue weighted by molar-refractivity contribution is 0.0677. The molecule has 0 spiro atoms. The molecule has 0 aliphatic rings. The fourth-order valence-electron chi connectivity index (χ4n) is 1.19. The third kappa shape index (κ3) is 3.45. The van der Waals surface area contributed by atoms with Crippen molar-refractivity contribution in [3.8, 4) is 0 Å². The number of rotatable bonds is 4. The SMILES string of the molecule is CC(C)OCC(N)c1cccc(Cl)c1F.